The summed E-state index contributed by atoms with van der Waals surface area (Å²) < 4.78 is 0. The monoisotopic (exact) mass is 506 g/mol. The molecule has 7 atom stereocenters. The molecule has 0 aromatic heterocycles. The van der Waals surface area contributed by atoms with Gasteiger partial charge in [-0.15, -0.1) is 0 Å². The van der Waals surface area contributed by atoms with E-state index >= 15 is 0 Å². The second-order valence-corrected chi connectivity index (χ2v) is 13.8. The van der Waals surface area contributed by atoms with Crippen molar-refractivity contribution in [2.75, 3.05) is 0 Å². The summed E-state index contributed by atoms with van der Waals surface area (Å²) in [6.07, 6.45) is 14.9. The van der Waals surface area contributed by atoms with Gasteiger partial charge in [0.15, 0.2) is 0 Å². The van der Waals surface area contributed by atoms with Crippen molar-refractivity contribution < 1.29 is 25.5 Å². The molecule has 0 aromatic rings. The zero-order valence-electron chi connectivity index (χ0n) is 23.5. The molecule has 5 N–H and O–H groups in total. The van der Waals surface area contributed by atoms with Crippen LogP contribution in [-0.4, -0.2) is 55.0 Å². The quantitative estimate of drug-likeness (QED) is 0.272. The molecule has 0 radical (unpaired) electrons. The van der Waals surface area contributed by atoms with Gasteiger partial charge in [0.2, 0.25) is 0 Å². The third-order valence-electron chi connectivity index (χ3n) is 9.67. The molecule has 5 nitrogen and oxygen atoms in total. The molecule has 0 aromatic carbocycles. The number of allylic oxidation sites excluding steroid dienone is 3. The molecule has 0 aliphatic heterocycles. The highest BCUT2D eigenvalue weighted by atomic mass is 16.3. The lowest BCUT2D eigenvalue weighted by Crippen LogP contribution is -2.39. The molecule has 5 heteroatoms. The van der Waals surface area contributed by atoms with Crippen LogP contribution in [0.2, 0.25) is 0 Å². The Labute approximate surface area is 219 Å². The smallest absolute Gasteiger partial charge is 0.0849 e. The fourth-order valence-electron chi connectivity index (χ4n) is 7.65. The summed E-state index contributed by atoms with van der Waals surface area (Å²) >= 11 is 0. The summed E-state index contributed by atoms with van der Waals surface area (Å²) in [4.78, 5) is 0. The molecule has 2 unspecified atom stereocenters. The van der Waals surface area contributed by atoms with Gasteiger partial charge in [-0.3, -0.25) is 0 Å². The average Bonchev–Trinajstić information content (AvgIpc) is 3.09. The molecular weight excluding hydrogens is 452 g/mol. The van der Waals surface area contributed by atoms with E-state index in [4.69, 9.17) is 0 Å². The maximum absolute atomic E-state index is 10.6. The summed E-state index contributed by atoms with van der Waals surface area (Å²) in [7, 11) is 0. The van der Waals surface area contributed by atoms with Crippen molar-refractivity contribution in [1.82, 2.24) is 0 Å². The zero-order valence-corrected chi connectivity index (χ0v) is 23.5. The lowest BCUT2D eigenvalue weighted by Gasteiger charge is -2.45. The van der Waals surface area contributed by atoms with Crippen LogP contribution >= 0.6 is 0 Å². The van der Waals surface area contributed by atoms with Crippen molar-refractivity contribution in [2.24, 2.45) is 23.2 Å². The first-order valence-corrected chi connectivity index (χ1v) is 14.6. The van der Waals surface area contributed by atoms with Gasteiger partial charge in [-0.1, -0.05) is 43.1 Å². The van der Waals surface area contributed by atoms with Gasteiger partial charge in [0.1, 0.15) is 0 Å². The minimum atomic E-state index is -1.09. The van der Waals surface area contributed by atoms with Crippen molar-refractivity contribution in [3.05, 3.63) is 23.3 Å². The highest BCUT2D eigenvalue weighted by Crippen LogP contribution is 2.60. The Balaban J connectivity index is 1.76. The van der Waals surface area contributed by atoms with Crippen LogP contribution in [0.1, 0.15) is 118 Å². The molecule has 3 saturated carbocycles. The Hall–Kier alpha value is -0.720. The van der Waals surface area contributed by atoms with Gasteiger partial charge in [-0.25, -0.2) is 0 Å². The fraction of sp³-hybridized carbons (Fsp3) is 0.871. The molecular formula is C31H54O5. The third kappa shape index (κ3) is 7.89. The molecule has 0 heterocycles. The largest absolute Gasteiger partial charge is 0.393 e. The normalized spacial score (nSPS) is 34.5. The summed E-state index contributed by atoms with van der Waals surface area (Å²) in [5, 5.41) is 51.3. The van der Waals surface area contributed by atoms with Gasteiger partial charge >= 0.3 is 0 Å². The van der Waals surface area contributed by atoms with Crippen LogP contribution in [-0.2, 0) is 0 Å². The Morgan fingerprint density at radius 1 is 0.972 bits per heavy atom. The SMILES string of the molecule is CC(C)(O)CCC[C@@H](CCC(O)C(C)(C)O)C1CC[C@H]2/C(=C/C=C3C[C@@H](O)C[C@H](O)C3)CCC[C@]12C. The number of aliphatic hydroxyl groups is 5. The van der Waals surface area contributed by atoms with E-state index < -0.39 is 29.5 Å². The number of aliphatic hydroxyl groups excluding tert-OH is 3. The van der Waals surface area contributed by atoms with Crippen LogP contribution in [0.5, 0.6) is 0 Å². The van der Waals surface area contributed by atoms with E-state index in [9.17, 15) is 25.5 Å². The molecule has 208 valence electrons. The molecule has 3 aliphatic rings. The van der Waals surface area contributed by atoms with Crippen molar-refractivity contribution in [3.8, 4) is 0 Å². The first kappa shape index (κ1) is 29.8. The fourth-order valence-corrected chi connectivity index (χ4v) is 7.65. The third-order valence-corrected chi connectivity index (χ3v) is 9.67. The predicted octanol–water partition coefficient (Wildman–Crippen LogP) is 5.43. The minimum absolute atomic E-state index is 0.229. The minimum Gasteiger partial charge on any atom is -0.393 e. The van der Waals surface area contributed by atoms with Crippen LogP contribution in [0.15, 0.2) is 23.3 Å². The van der Waals surface area contributed by atoms with Gasteiger partial charge in [0.05, 0.1) is 29.5 Å². The highest BCUT2D eigenvalue weighted by molar-refractivity contribution is 5.26. The molecule has 3 fully saturated rings. The topological polar surface area (TPSA) is 101 Å². The summed E-state index contributed by atoms with van der Waals surface area (Å²) in [5.41, 5.74) is 1.16. The van der Waals surface area contributed by atoms with Gasteiger partial charge < -0.3 is 25.5 Å². The second-order valence-electron chi connectivity index (χ2n) is 13.8. The number of hydrogen-bond donors (Lipinski definition) is 5. The Morgan fingerprint density at radius 2 is 1.64 bits per heavy atom. The van der Waals surface area contributed by atoms with Crippen LogP contribution in [0.25, 0.3) is 0 Å². The average molecular weight is 507 g/mol. The van der Waals surface area contributed by atoms with E-state index in [-0.39, 0.29) is 5.41 Å². The lowest BCUT2D eigenvalue weighted by molar-refractivity contribution is -0.0563. The zero-order chi connectivity index (χ0) is 26.7. The highest BCUT2D eigenvalue weighted by Gasteiger charge is 2.51. The standard InChI is InChI=1S/C31H54O5/c1-29(2,35)16-6-8-23(12-15-28(34)30(3,4)36)27-14-13-26-22(9-7-17-31(26,27)5)11-10-21-18-24(32)20-25(33)19-21/h10-11,23-28,32-36H,6-9,12-20H2,1-5H3/b22-11+/t23-,24+,25+,26-,27?,28?,31-/m0/s1. The molecule has 36 heavy (non-hydrogen) atoms. The van der Waals surface area contributed by atoms with E-state index in [0.717, 1.165) is 37.7 Å². The first-order chi connectivity index (χ1) is 16.7. The van der Waals surface area contributed by atoms with E-state index in [1.807, 2.05) is 13.8 Å². The molecule has 3 rings (SSSR count). The van der Waals surface area contributed by atoms with Crippen LogP contribution in [0.3, 0.4) is 0 Å². The summed E-state index contributed by atoms with van der Waals surface area (Å²) in [6, 6.07) is 0. The Morgan fingerprint density at radius 3 is 2.25 bits per heavy atom. The van der Waals surface area contributed by atoms with Crippen LogP contribution < -0.4 is 0 Å². The number of hydrogen-bond acceptors (Lipinski definition) is 5. The van der Waals surface area contributed by atoms with E-state index in [1.54, 1.807) is 13.8 Å². The van der Waals surface area contributed by atoms with Gasteiger partial charge in [-0.2, -0.15) is 0 Å². The predicted molar refractivity (Wildman–Crippen MR) is 145 cm³/mol. The number of fused-ring (bicyclic) bond motifs is 1. The van der Waals surface area contributed by atoms with Crippen LogP contribution in [0.4, 0.5) is 0 Å². The van der Waals surface area contributed by atoms with E-state index in [2.05, 4.69) is 19.1 Å². The van der Waals surface area contributed by atoms with Gasteiger partial charge in [0.25, 0.3) is 0 Å². The van der Waals surface area contributed by atoms with Gasteiger partial charge in [0, 0.05) is 0 Å². The first-order valence-electron chi connectivity index (χ1n) is 14.6. The molecule has 0 spiro atoms. The molecule has 3 aliphatic carbocycles. The van der Waals surface area contributed by atoms with Crippen molar-refractivity contribution >= 4 is 0 Å². The lowest BCUT2D eigenvalue weighted by atomic mass is 9.60. The van der Waals surface area contributed by atoms with E-state index in [1.165, 1.54) is 31.3 Å². The maximum Gasteiger partial charge on any atom is 0.0849 e. The number of rotatable bonds is 10. The van der Waals surface area contributed by atoms with Crippen molar-refractivity contribution in [1.29, 1.82) is 0 Å². The van der Waals surface area contributed by atoms with Crippen LogP contribution in [0, 0.1) is 23.2 Å². The maximum atomic E-state index is 10.6. The van der Waals surface area contributed by atoms with Gasteiger partial charge in [-0.05, 0) is 121 Å². The summed E-state index contributed by atoms with van der Waals surface area (Å²) in [5.74, 6) is 1.61. The Kier molecular flexibility index (Phi) is 9.93. The Bertz CT molecular complexity index is 761. The van der Waals surface area contributed by atoms with Crippen molar-refractivity contribution in [3.63, 3.8) is 0 Å². The molecule has 0 saturated heterocycles. The second kappa shape index (κ2) is 12.0. The van der Waals surface area contributed by atoms with Crippen molar-refractivity contribution in [2.45, 2.75) is 148 Å². The van der Waals surface area contributed by atoms with E-state index in [0.29, 0.717) is 43.4 Å². The molecule has 0 amide bonds. The molecule has 0 bridgehead atoms. The summed E-state index contributed by atoms with van der Waals surface area (Å²) in [6.45, 7) is 9.61.